The summed E-state index contributed by atoms with van der Waals surface area (Å²) in [7, 11) is 0. The number of aromatic amines is 1. The third kappa shape index (κ3) is 16.0. The zero-order valence-electron chi connectivity index (χ0n) is 33.1. The first-order valence-corrected chi connectivity index (χ1v) is 18.8. The molecule has 1 aromatic heterocycles. The van der Waals surface area contributed by atoms with Gasteiger partial charge in [0, 0.05) is 36.4 Å². The number of aliphatic carboxylic acids is 4. The second-order valence-electron chi connectivity index (χ2n) is 14.0. The van der Waals surface area contributed by atoms with Gasteiger partial charge in [-0.3, -0.25) is 43.2 Å². The Morgan fingerprint density at radius 1 is 0.683 bits per heavy atom. The Morgan fingerprint density at radius 2 is 1.23 bits per heavy atom. The number of rotatable bonds is 26. The van der Waals surface area contributed by atoms with Crippen LogP contribution in [0.3, 0.4) is 0 Å². The number of aliphatic hydroxyl groups excluding tert-OH is 1. The summed E-state index contributed by atoms with van der Waals surface area (Å²) in [6.07, 6.45) is -2.88. The maximum Gasteiger partial charge on any atom is 0.328 e. The van der Waals surface area contributed by atoms with Gasteiger partial charge < -0.3 is 68.2 Å². The molecule has 0 unspecified atom stereocenters. The fourth-order valence-corrected chi connectivity index (χ4v) is 5.76. The lowest BCUT2D eigenvalue weighted by Crippen LogP contribution is -2.60. The minimum atomic E-state index is -1.81. The van der Waals surface area contributed by atoms with Gasteiger partial charge >= 0.3 is 23.9 Å². The largest absolute Gasteiger partial charge is 0.481 e. The normalized spacial score (nSPS) is 15.0. The van der Waals surface area contributed by atoms with Gasteiger partial charge in [-0.15, -0.1) is 0 Å². The molecule has 0 aliphatic heterocycles. The third-order valence-electron chi connectivity index (χ3n) is 9.30. The maximum absolute atomic E-state index is 13.9. The van der Waals surface area contributed by atoms with Gasteiger partial charge in [-0.1, -0.05) is 38.5 Å². The van der Waals surface area contributed by atoms with Crippen LogP contribution < -0.4 is 37.6 Å². The van der Waals surface area contributed by atoms with Crippen molar-refractivity contribution in [2.45, 2.75) is 108 Å². The van der Waals surface area contributed by atoms with E-state index in [0.717, 1.165) is 6.92 Å². The Hall–Kier alpha value is -6.62. The van der Waals surface area contributed by atoms with Gasteiger partial charge in [0.05, 0.1) is 25.1 Å². The van der Waals surface area contributed by atoms with Crippen molar-refractivity contribution in [1.29, 1.82) is 0 Å². The topological polar surface area (TPSA) is 386 Å². The number of hydrogen-bond donors (Lipinski definition) is 13. The molecule has 6 amide bonds. The second kappa shape index (κ2) is 23.7. The number of aliphatic hydroxyl groups is 1. The summed E-state index contributed by atoms with van der Waals surface area (Å²) in [5.74, 6) is -12.4. The molecule has 23 nitrogen and oxygen atoms in total. The van der Waals surface area contributed by atoms with E-state index in [1.54, 1.807) is 44.3 Å². The van der Waals surface area contributed by atoms with E-state index in [9.17, 15) is 63.3 Å². The van der Waals surface area contributed by atoms with Crippen LogP contribution in [0.25, 0.3) is 10.9 Å². The predicted molar refractivity (Wildman–Crippen MR) is 207 cm³/mol. The van der Waals surface area contributed by atoms with Crippen molar-refractivity contribution in [3.8, 4) is 0 Å². The fourth-order valence-electron chi connectivity index (χ4n) is 5.76. The van der Waals surface area contributed by atoms with Crippen LogP contribution >= 0.6 is 0 Å². The number of hydrogen-bond acceptors (Lipinski definition) is 12. The van der Waals surface area contributed by atoms with Crippen molar-refractivity contribution in [2.24, 2.45) is 11.7 Å². The van der Waals surface area contributed by atoms with Gasteiger partial charge in [0.25, 0.3) is 0 Å². The Kier molecular flexibility index (Phi) is 19.6. The summed E-state index contributed by atoms with van der Waals surface area (Å²) < 4.78 is 0. The van der Waals surface area contributed by atoms with Gasteiger partial charge in [-0.2, -0.15) is 0 Å². The number of nitrogens with one attached hydrogen (secondary N) is 7. The first-order chi connectivity index (χ1) is 28.1. The maximum atomic E-state index is 13.9. The van der Waals surface area contributed by atoms with E-state index in [4.69, 9.17) is 15.9 Å². The first kappa shape index (κ1) is 49.5. The van der Waals surface area contributed by atoms with Gasteiger partial charge in [0.15, 0.2) is 6.04 Å². The Labute approximate surface area is 342 Å². The number of benzene rings is 1. The molecule has 0 bridgehead atoms. The number of amides is 6. The minimum absolute atomic E-state index is 0.137. The highest BCUT2D eigenvalue weighted by Gasteiger charge is 2.34. The van der Waals surface area contributed by atoms with Crippen molar-refractivity contribution in [3.63, 3.8) is 0 Å². The lowest BCUT2D eigenvalue weighted by Gasteiger charge is -2.28. The van der Waals surface area contributed by atoms with Gasteiger partial charge in [-0.05, 0) is 37.3 Å². The lowest BCUT2D eigenvalue weighted by molar-refractivity contribution is -0.145. The molecule has 0 saturated heterocycles. The quantitative estimate of drug-likeness (QED) is 0.0458. The molecular weight excluding hydrogens is 796 g/mol. The van der Waals surface area contributed by atoms with Crippen LogP contribution in [0.15, 0.2) is 30.5 Å². The molecule has 0 fully saturated rings. The zero-order valence-corrected chi connectivity index (χ0v) is 33.1. The van der Waals surface area contributed by atoms with Crippen molar-refractivity contribution in [3.05, 3.63) is 36.0 Å². The molecule has 60 heavy (non-hydrogen) atoms. The molecule has 2 aromatic rings. The number of carboxylic acid groups (broad SMARTS) is 4. The average molecular weight is 849 g/mol. The molecule has 0 saturated carbocycles. The molecular formula is C37H52N8O15. The summed E-state index contributed by atoms with van der Waals surface area (Å²) in [6.45, 7) is 3.47. The van der Waals surface area contributed by atoms with Crippen LogP contribution in [-0.4, -0.2) is 139 Å². The Bertz CT molecular complexity index is 1900. The number of carbonyl (C=O) groups excluding carboxylic acids is 6. The number of fused-ring (bicyclic) bond motifs is 1. The molecule has 0 spiro atoms. The fraction of sp³-hybridized carbons (Fsp3) is 0.514. The molecule has 0 aliphatic rings. The van der Waals surface area contributed by atoms with E-state index in [0.29, 0.717) is 16.5 Å². The Morgan fingerprint density at radius 3 is 1.78 bits per heavy atom. The number of H-pyrrole nitrogens is 1. The van der Waals surface area contributed by atoms with E-state index in [1.165, 1.54) is 0 Å². The van der Waals surface area contributed by atoms with E-state index >= 15 is 0 Å². The van der Waals surface area contributed by atoms with Crippen LogP contribution in [0.5, 0.6) is 0 Å². The predicted octanol–water partition coefficient (Wildman–Crippen LogP) is -2.71. The number of carbonyl (C=O) groups is 10. The van der Waals surface area contributed by atoms with Gasteiger partial charge in [0.1, 0.15) is 24.2 Å². The summed E-state index contributed by atoms with van der Waals surface area (Å²) in [6, 6.07) is -2.32. The van der Waals surface area contributed by atoms with Crippen molar-refractivity contribution >= 4 is 70.2 Å². The molecule has 0 aliphatic carbocycles. The smallest absolute Gasteiger partial charge is 0.328 e. The molecule has 14 N–H and O–H groups in total. The van der Waals surface area contributed by atoms with Crippen molar-refractivity contribution in [1.82, 2.24) is 36.9 Å². The van der Waals surface area contributed by atoms with E-state index < -0.39 is 146 Å². The molecule has 0 radical (unpaired) electrons. The molecule has 23 heteroatoms. The number of para-hydroxylation sites is 1. The lowest BCUT2D eigenvalue weighted by atomic mass is 9.96. The van der Waals surface area contributed by atoms with E-state index in [1.807, 2.05) is 5.32 Å². The SMILES string of the molecule is CC[C@H](C)[C@H](NC(=O)[C@H](Cc1c[nH]c2ccccc12)NC(=O)[C@@H](N)CC(=O)O)C(=O)N[C@@H](CCC(=O)O)C(=O)NCC(=O)N[C@@H](CCC(=O)O)C(=O)N[C@H](C(=O)O)[C@@H](C)O. The van der Waals surface area contributed by atoms with Crippen LogP contribution in [0, 0.1) is 5.92 Å². The number of aromatic nitrogens is 1. The zero-order chi connectivity index (χ0) is 45.3. The summed E-state index contributed by atoms with van der Waals surface area (Å²) >= 11 is 0. The van der Waals surface area contributed by atoms with Crippen LogP contribution in [-0.2, 0) is 54.4 Å². The van der Waals surface area contributed by atoms with E-state index in [-0.39, 0.29) is 12.8 Å². The molecule has 330 valence electrons. The molecule has 8 atom stereocenters. The summed E-state index contributed by atoms with van der Waals surface area (Å²) in [5.41, 5.74) is 7.05. The average Bonchev–Trinajstić information content (AvgIpc) is 3.58. The monoisotopic (exact) mass is 848 g/mol. The van der Waals surface area contributed by atoms with Gasteiger partial charge in [0.2, 0.25) is 35.4 Å². The highest BCUT2D eigenvalue weighted by Crippen LogP contribution is 2.20. The summed E-state index contributed by atoms with van der Waals surface area (Å²) in [4.78, 5) is 128. The first-order valence-electron chi connectivity index (χ1n) is 18.8. The van der Waals surface area contributed by atoms with Crippen LogP contribution in [0.4, 0.5) is 0 Å². The molecule has 1 heterocycles. The van der Waals surface area contributed by atoms with Crippen LogP contribution in [0.1, 0.15) is 64.9 Å². The van der Waals surface area contributed by atoms with E-state index in [2.05, 4.69) is 31.6 Å². The highest BCUT2D eigenvalue weighted by atomic mass is 16.4. The highest BCUT2D eigenvalue weighted by molar-refractivity contribution is 5.97. The van der Waals surface area contributed by atoms with Gasteiger partial charge in [-0.25, -0.2) is 4.79 Å². The third-order valence-corrected chi connectivity index (χ3v) is 9.30. The van der Waals surface area contributed by atoms with Crippen LogP contribution in [0.2, 0.25) is 0 Å². The molecule has 1 aromatic carbocycles. The Balaban J connectivity index is 2.29. The minimum Gasteiger partial charge on any atom is -0.481 e. The van der Waals surface area contributed by atoms with Crippen molar-refractivity contribution < 1.29 is 73.5 Å². The molecule has 2 rings (SSSR count). The van der Waals surface area contributed by atoms with Crippen molar-refractivity contribution in [2.75, 3.05) is 6.54 Å². The summed E-state index contributed by atoms with van der Waals surface area (Å²) in [5, 5.41) is 61.0. The second-order valence-corrected chi connectivity index (χ2v) is 14.0. The number of carboxylic acids is 4. The standard InChI is InChI=1S/C37H52N8O15/c1-4-17(2)30(44-35(57)25(43-32(54)21(38)14-29(52)53)13-19-15-39-22-8-6-5-7-20(19)22)36(58)42-23(9-11-27(48)49)33(55)40-16-26(47)41-24(10-12-28(50)51)34(56)45-31(18(3)46)37(59)60/h5-8,15,17-18,21,23-25,30-31,39,46H,4,9-14,16,38H2,1-3H3,(H,40,55)(H,41,47)(H,42,58)(H,43,54)(H,44,57)(H,45,56)(H,48,49)(H,50,51)(H,52,53)(H,59,60)/t17-,18+,21-,23-,24-,25-,30-,31-/m0/s1. The number of nitrogens with two attached hydrogens (primary N) is 1.